The Balaban J connectivity index is 2.88. The summed E-state index contributed by atoms with van der Waals surface area (Å²) in [5.74, 6) is -3.12. The van der Waals surface area contributed by atoms with Gasteiger partial charge in [0, 0.05) is 0 Å². The van der Waals surface area contributed by atoms with E-state index in [1.165, 1.54) is 26.2 Å². The Morgan fingerprint density at radius 2 is 1.46 bits per heavy atom. The largest absolute Gasteiger partial charge is 0.497 e. The number of nitrogens with zero attached hydrogens (tertiary/aromatic N) is 1. The zero-order valence-electron chi connectivity index (χ0n) is 30.2. The summed E-state index contributed by atoms with van der Waals surface area (Å²) in [5.41, 5.74) is -0.110. The standard InChI is InChI=1S/C34H52N2O10Si2/c1-22(31(38)39)29(45-47(9,10)33(2,3)4)27(35-32(40)44-21-23-16-14-13-15-17-23)30(46-48(11,12)34(5,6)7)28(37)25-19-18-24(43-8)20-26(25)36(41)42/h13-20,22,27,29-30H,21H2,1-12H3,(H,35,40)(H,38,39)/t22-,27-,29+,30+/m0/s1. The van der Waals surface area contributed by atoms with Crippen LogP contribution in [0.4, 0.5) is 10.5 Å². The number of aliphatic carboxylic acids is 1. The lowest BCUT2D eigenvalue weighted by Gasteiger charge is -2.46. The van der Waals surface area contributed by atoms with E-state index in [1.54, 1.807) is 24.3 Å². The summed E-state index contributed by atoms with van der Waals surface area (Å²) in [7, 11) is -4.36. The third-order valence-corrected chi connectivity index (χ3v) is 18.4. The minimum Gasteiger partial charge on any atom is -0.497 e. The first kappa shape index (κ1) is 40.6. The van der Waals surface area contributed by atoms with E-state index in [1.807, 2.05) is 73.8 Å². The molecule has 0 saturated heterocycles. The maximum atomic E-state index is 14.7. The molecule has 2 rings (SSSR count). The molecule has 266 valence electrons. The second kappa shape index (κ2) is 15.7. The first-order chi connectivity index (χ1) is 21.9. The molecule has 12 nitrogen and oxygen atoms in total. The summed E-state index contributed by atoms with van der Waals surface area (Å²) >= 11 is 0. The lowest BCUT2D eigenvalue weighted by molar-refractivity contribution is -0.385. The average Bonchev–Trinajstić information content (AvgIpc) is 2.98. The lowest BCUT2D eigenvalue weighted by atomic mass is 9.90. The third-order valence-electron chi connectivity index (χ3n) is 9.45. The van der Waals surface area contributed by atoms with Crippen molar-refractivity contribution in [3.8, 4) is 5.75 Å². The molecule has 0 unspecified atom stereocenters. The first-order valence-corrected chi connectivity index (χ1v) is 21.7. The van der Waals surface area contributed by atoms with Crippen molar-refractivity contribution in [2.75, 3.05) is 7.11 Å². The second-order valence-corrected chi connectivity index (χ2v) is 24.5. The third kappa shape index (κ3) is 10.2. The van der Waals surface area contributed by atoms with Gasteiger partial charge in [0.25, 0.3) is 5.69 Å². The van der Waals surface area contributed by atoms with Crippen LogP contribution in [0.2, 0.25) is 36.3 Å². The van der Waals surface area contributed by atoms with Crippen molar-refractivity contribution >= 4 is 40.2 Å². The quantitative estimate of drug-likeness (QED) is 0.0817. The van der Waals surface area contributed by atoms with Crippen molar-refractivity contribution in [1.82, 2.24) is 5.32 Å². The number of ether oxygens (including phenoxy) is 2. The number of carbonyl (C=O) groups excluding carboxylic acids is 2. The van der Waals surface area contributed by atoms with Crippen LogP contribution in [-0.4, -0.2) is 69.9 Å². The van der Waals surface area contributed by atoms with Gasteiger partial charge in [-0.1, -0.05) is 71.9 Å². The number of nitrogens with one attached hydrogen (secondary N) is 1. The Morgan fingerprint density at radius 3 is 1.94 bits per heavy atom. The van der Waals surface area contributed by atoms with Gasteiger partial charge in [-0.3, -0.25) is 19.7 Å². The van der Waals surface area contributed by atoms with Gasteiger partial charge in [0.1, 0.15) is 18.5 Å². The van der Waals surface area contributed by atoms with Crippen LogP contribution in [0, 0.1) is 16.0 Å². The molecule has 0 radical (unpaired) electrons. The van der Waals surface area contributed by atoms with Crippen LogP contribution in [0.25, 0.3) is 0 Å². The zero-order valence-corrected chi connectivity index (χ0v) is 32.2. The number of methoxy groups -OCH3 is 1. The predicted octanol–water partition coefficient (Wildman–Crippen LogP) is 7.58. The average molecular weight is 705 g/mol. The molecule has 0 aliphatic heterocycles. The fraction of sp³-hybridized carbons (Fsp3) is 0.559. The number of amides is 1. The molecule has 0 heterocycles. The molecule has 0 aromatic heterocycles. The minimum absolute atomic E-state index is 0.104. The highest BCUT2D eigenvalue weighted by atomic mass is 28.4. The van der Waals surface area contributed by atoms with Crippen molar-refractivity contribution in [2.24, 2.45) is 5.92 Å². The summed E-state index contributed by atoms with van der Waals surface area (Å²) in [5, 5.41) is 24.5. The number of benzene rings is 2. The number of rotatable bonds is 15. The molecule has 0 aliphatic carbocycles. The van der Waals surface area contributed by atoms with Crippen LogP contribution in [0.3, 0.4) is 0 Å². The summed E-state index contributed by atoms with van der Waals surface area (Å²) < 4.78 is 24.2. The van der Waals surface area contributed by atoms with Gasteiger partial charge < -0.3 is 28.7 Å². The predicted molar refractivity (Wildman–Crippen MR) is 188 cm³/mol. The number of carbonyl (C=O) groups is 3. The van der Waals surface area contributed by atoms with E-state index >= 15 is 0 Å². The van der Waals surface area contributed by atoms with Crippen molar-refractivity contribution in [2.45, 2.75) is 110 Å². The lowest BCUT2D eigenvalue weighted by Crippen LogP contribution is -2.63. The van der Waals surface area contributed by atoms with E-state index in [4.69, 9.17) is 18.3 Å². The maximum absolute atomic E-state index is 14.7. The number of carboxylic acid groups (broad SMARTS) is 1. The van der Waals surface area contributed by atoms with Gasteiger partial charge in [0.05, 0.1) is 41.7 Å². The van der Waals surface area contributed by atoms with E-state index in [0.29, 0.717) is 5.56 Å². The molecule has 2 N–H and O–H groups in total. The molecule has 0 bridgehead atoms. The number of hydrogen-bond donors (Lipinski definition) is 2. The Bertz CT molecular complexity index is 1450. The topological polar surface area (TPSA) is 164 Å². The van der Waals surface area contributed by atoms with Crippen LogP contribution in [0.5, 0.6) is 5.75 Å². The summed E-state index contributed by atoms with van der Waals surface area (Å²) in [6.07, 6.45) is -3.84. The molecule has 1 amide bonds. The highest BCUT2D eigenvalue weighted by Crippen LogP contribution is 2.42. The van der Waals surface area contributed by atoms with Gasteiger partial charge in [0.2, 0.25) is 0 Å². The number of Topliss-reactive ketones (excluding diaryl/α,β-unsaturated/α-hetero) is 1. The van der Waals surface area contributed by atoms with E-state index in [9.17, 15) is 29.6 Å². The Morgan fingerprint density at radius 1 is 0.917 bits per heavy atom. The van der Waals surface area contributed by atoms with Gasteiger partial charge in [0.15, 0.2) is 22.4 Å². The van der Waals surface area contributed by atoms with Crippen LogP contribution < -0.4 is 10.1 Å². The number of ketones is 1. The maximum Gasteiger partial charge on any atom is 0.407 e. The van der Waals surface area contributed by atoms with Gasteiger partial charge in [-0.15, -0.1) is 0 Å². The number of nitro groups is 1. The highest BCUT2D eigenvalue weighted by molar-refractivity contribution is 6.74. The van der Waals surface area contributed by atoms with Gasteiger partial charge in [-0.2, -0.15) is 0 Å². The van der Waals surface area contributed by atoms with Crippen LogP contribution in [-0.2, 0) is 25.0 Å². The van der Waals surface area contributed by atoms with E-state index in [2.05, 4.69) is 5.32 Å². The van der Waals surface area contributed by atoms with E-state index in [0.717, 1.165) is 6.07 Å². The minimum atomic E-state index is -2.91. The molecule has 4 atom stereocenters. The van der Waals surface area contributed by atoms with Crippen LogP contribution in [0.1, 0.15) is 64.4 Å². The Hall–Kier alpha value is -3.60. The SMILES string of the molecule is COc1ccc(C(=O)[C@H](O[Si](C)(C)C(C)(C)C)[C@@H](NC(=O)OCc2ccccc2)[C@H](O[Si](C)(C)C(C)(C)C)[C@H](C)C(=O)O)c([N+](=O)[O-])c1. The monoisotopic (exact) mass is 704 g/mol. The van der Waals surface area contributed by atoms with Crippen molar-refractivity contribution in [1.29, 1.82) is 0 Å². The summed E-state index contributed by atoms with van der Waals surface area (Å²) in [6, 6.07) is 11.4. The van der Waals surface area contributed by atoms with Gasteiger partial charge in [-0.25, -0.2) is 4.79 Å². The Kier molecular flexibility index (Phi) is 13.3. The molecular formula is C34H52N2O10Si2. The van der Waals surface area contributed by atoms with Crippen LogP contribution >= 0.6 is 0 Å². The van der Waals surface area contributed by atoms with E-state index < -0.39 is 79.3 Å². The van der Waals surface area contributed by atoms with E-state index in [-0.39, 0.29) is 17.9 Å². The van der Waals surface area contributed by atoms with Crippen molar-refractivity contribution in [3.05, 3.63) is 69.8 Å². The molecule has 14 heteroatoms. The Labute approximate surface area is 285 Å². The fourth-order valence-electron chi connectivity index (χ4n) is 4.31. The van der Waals surface area contributed by atoms with Gasteiger partial charge >= 0.3 is 12.1 Å². The van der Waals surface area contributed by atoms with Gasteiger partial charge in [-0.05, 0) is 60.9 Å². The number of alkyl carbamates (subject to hydrolysis) is 1. The van der Waals surface area contributed by atoms with Crippen molar-refractivity contribution in [3.63, 3.8) is 0 Å². The molecule has 0 fully saturated rings. The molecule has 2 aromatic carbocycles. The first-order valence-electron chi connectivity index (χ1n) is 15.9. The normalized spacial score (nSPS) is 15.1. The molecule has 0 saturated carbocycles. The van der Waals surface area contributed by atoms with Crippen molar-refractivity contribution < 1.29 is 42.7 Å². The fourth-order valence-corrected chi connectivity index (χ4v) is 6.94. The number of hydrogen-bond acceptors (Lipinski definition) is 9. The highest BCUT2D eigenvalue weighted by Gasteiger charge is 2.51. The number of carboxylic acids is 1. The van der Waals surface area contributed by atoms with Crippen LogP contribution in [0.15, 0.2) is 48.5 Å². The zero-order chi connectivity index (χ0) is 36.8. The molecular weight excluding hydrogens is 653 g/mol. The molecule has 0 spiro atoms. The molecule has 48 heavy (non-hydrogen) atoms. The molecule has 2 aromatic rings. The smallest absolute Gasteiger partial charge is 0.407 e. The summed E-state index contributed by atoms with van der Waals surface area (Å²) in [6.45, 7) is 20.8. The molecule has 0 aliphatic rings. The number of nitro benzene ring substituents is 1. The summed E-state index contributed by atoms with van der Waals surface area (Å²) in [4.78, 5) is 52.5. The second-order valence-electron chi connectivity index (χ2n) is 15.0.